The zero-order valence-corrected chi connectivity index (χ0v) is 10.1. The fourth-order valence-corrected chi connectivity index (χ4v) is 2.31. The summed E-state index contributed by atoms with van der Waals surface area (Å²) >= 11 is 0. The van der Waals surface area contributed by atoms with Crippen molar-refractivity contribution in [3.05, 3.63) is 17.5 Å². The van der Waals surface area contributed by atoms with Gasteiger partial charge in [-0.1, -0.05) is 12.8 Å². The smallest absolute Gasteiger partial charge is 0.0693 e. The summed E-state index contributed by atoms with van der Waals surface area (Å²) in [6.07, 6.45) is 6.12. The lowest BCUT2D eigenvalue weighted by molar-refractivity contribution is 0.0902. The predicted molar refractivity (Wildman–Crippen MR) is 63.0 cm³/mol. The Bertz CT molecular complexity index is 348. The second-order valence-electron chi connectivity index (χ2n) is 4.72. The van der Waals surface area contributed by atoms with Gasteiger partial charge in [0.15, 0.2) is 0 Å². The van der Waals surface area contributed by atoms with Crippen LogP contribution < -0.4 is 5.32 Å². The Morgan fingerprint density at radius 1 is 1.50 bits per heavy atom. The monoisotopic (exact) mass is 223 g/mol. The molecule has 4 nitrogen and oxygen atoms in total. The number of hydrogen-bond donors (Lipinski definition) is 2. The van der Waals surface area contributed by atoms with Crippen LogP contribution in [0.3, 0.4) is 0 Å². The largest absolute Gasteiger partial charge is 0.392 e. The van der Waals surface area contributed by atoms with Crippen LogP contribution >= 0.6 is 0 Å². The minimum absolute atomic E-state index is 0.175. The van der Waals surface area contributed by atoms with Gasteiger partial charge >= 0.3 is 0 Å². The van der Waals surface area contributed by atoms with Gasteiger partial charge in [0.2, 0.25) is 0 Å². The van der Waals surface area contributed by atoms with E-state index in [-0.39, 0.29) is 12.1 Å². The van der Waals surface area contributed by atoms with Crippen molar-refractivity contribution in [3.8, 4) is 0 Å². The van der Waals surface area contributed by atoms with Crippen molar-refractivity contribution >= 4 is 0 Å². The first-order valence-corrected chi connectivity index (χ1v) is 6.07. The van der Waals surface area contributed by atoms with Crippen molar-refractivity contribution in [2.45, 2.75) is 51.3 Å². The number of aromatic nitrogens is 2. The Kier molecular flexibility index (Phi) is 3.61. The van der Waals surface area contributed by atoms with E-state index < -0.39 is 0 Å². The maximum absolute atomic E-state index is 9.84. The molecule has 0 bridgehead atoms. The van der Waals surface area contributed by atoms with Crippen LogP contribution in [0.4, 0.5) is 0 Å². The van der Waals surface area contributed by atoms with E-state index in [0.717, 1.165) is 25.8 Å². The number of nitrogens with zero attached hydrogens (tertiary/aromatic N) is 2. The van der Waals surface area contributed by atoms with Gasteiger partial charge in [-0.05, 0) is 19.8 Å². The molecule has 16 heavy (non-hydrogen) atoms. The lowest BCUT2D eigenvalue weighted by Gasteiger charge is -2.28. The minimum atomic E-state index is -0.175. The van der Waals surface area contributed by atoms with Gasteiger partial charge in [-0.3, -0.25) is 4.68 Å². The summed E-state index contributed by atoms with van der Waals surface area (Å²) in [6, 6.07) is 0.258. The molecule has 0 spiro atoms. The van der Waals surface area contributed by atoms with Gasteiger partial charge in [0, 0.05) is 30.9 Å². The Labute approximate surface area is 96.7 Å². The maximum Gasteiger partial charge on any atom is 0.0693 e. The summed E-state index contributed by atoms with van der Waals surface area (Å²) in [6.45, 7) is 2.88. The molecule has 2 atom stereocenters. The molecule has 2 N–H and O–H groups in total. The van der Waals surface area contributed by atoms with Crippen LogP contribution in [0.2, 0.25) is 0 Å². The van der Waals surface area contributed by atoms with Gasteiger partial charge in [-0.25, -0.2) is 0 Å². The lowest BCUT2D eigenvalue weighted by atomic mass is 9.92. The Balaban J connectivity index is 1.89. The third-order valence-corrected chi connectivity index (χ3v) is 3.62. The molecule has 1 aliphatic rings. The van der Waals surface area contributed by atoms with Gasteiger partial charge < -0.3 is 10.4 Å². The van der Waals surface area contributed by atoms with Crippen LogP contribution in [-0.2, 0) is 13.6 Å². The van der Waals surface area contributed by atoms with E-state index in [1.165, 1.54) is 17.7 Å². The van der Waals surface area contributed by atoms with Crippen molar-refractivity contribution in [3.63, 3.8) is 0 Å². The highest BCUT2D eigenvalue weighted by atomic mass is 16.3. The first kappa shape index (κ1) is 11.6. The average Bonchev–Trinajstić information content (AvgIpc) is 2.59. The van der Waals surface area contributed by atoms with Crippen LogP contribution in [0.5, 0.6) is 0 Å². The Morgan fingerprint density at radius 2 is 2.25 bits per heavy atom. The normalized spacial score (nSPS) is 25.9. The zero-order chi connectivity index (χ0) is 11.5. The molecule has 0 radical (unpaired) electrons. The van der Waals surface area contributed by atoms with Gasteiger partial charge in [-0.2, -0.15) is 5.10 Å². The van der Waals surface area contributed by atoms with E-state index in [2.05, 4.69) is 17.3 Å². The molecule has 4 heteroatoms. The van der Waals surface area contributed by atoms with Crippen LogP contribution in [0, 0.1) is 6.92 Å². The number of hydrogen-bond acceptors (Lipinski definition) is 3. The molecular weight excluding hydrogens is 202 g/mol. The number of aliphatic hydroxyl groups is 1. The van der Waals surface area contributed by atoms with E-state index in [1.807, 2.05) is 17.9 Å². The molecule has 1 saturated carbocycles. The highest BCUT2D eigenvalue weighted by molar-refractivity contribution is 5.15. The van der Waals surface area contributed by atoms with Crippen molar-refractivity contribution in [2.24, 2.45) is 7.05 Å². The van der Waals surface area contributed by atoms with Crippen molar-refractivity contribution in [2.75, 3.05) is 0 Å². The summed E-state index contributed by atoms with van der Waals surface area (Å²) in [7, 11) is 1.95. The van der Waals surface area contributed by atoms with Crippen molar-refractivity contribution < 1.29 is 5.11 Å². The molecule has 1 fully saturated rings. The highest BCUT2D eigenvalue weighted by Crippen LogP contribution is 2.19. The standard InChI is InChI=1S/C12H21N3O/c1-9-10(8-14-15(9)2)7-13-11-5-3-4-6-12(11)16/h8,11-13,16H,3-7H2,1-2H3/t11-,12-/m0/s1. The lowest BCUT2D eigenvalue weighted by Crippen LogP contribution is -2.41. The highest BCUT2D eigenvalue weighted by Gasteiger charge is 2.22. The molecule has 0 unspecified atom stereocenters. The SMILES string of the molecule is Cc1c(CN[C@H]2CCCC[C@@H]2O)cnn1C. The molecule has 1 aliphatic carbocycles. The fourth-order valence-electron chi connectivity index (χ4n) is 2.31. The summed E-state index contributed by atoms with van der Waals surface area (Å²) in [5.41, 5.74) is 2.41. The van der Waals surface area contributed by atoms with Crippen LogP contribution in [0.25, 0.3) is 0 Å². The molecule has 90 valence electrons. The third kappa shape index (κ3) is 2.44. The Hall–Kier alpha value is -0.870. The predicted octanol–water partition coefficient (Wildman–Crippen LogP) is 1.12. The maximum atomic E-state index is 9.84. The van der Waals surface area contributed by atoms with Gasteiger partial charge in [0.05, 0.1) is 12.3 Å². The van der Waals surface area contributed by atoms with Crippen LogP contribution in [-0.4, -0.2) is 27.0 Å². The van der Waals surface area contributed by atoms with Crippen LogP contribution in [0.15, 0.2) is 6.20 Å². The van der Waals surface area contributed by atoms with Crippen LogP contribution in [0.1, 0.15) is 36.9 Å². The summed E-state index contributed by atoms with van der Waals surface area (Å²) < 4.78 is 1.88. The summed E-state index contributed by atoms with van der Waals surface area (Å²) in [4.78, 5) is 0. The van der Waals surface area contributed by atoms with Gasteiger partial charge in [0.25, 0.3) is 0 Å². The average molecular weight is 223 g/mol. The Morgan fingerprint density at radius 3 is 2.88 bits per heavy atom. The van der Waals surface area contributed by atoms with E-state index in [9.17, 15) is 5.11 Å². The van der Waals surface area contributed by atoms with E-state index in [4.69, 9.17) is 0 Å². The minimum Gasteiger partial charge on any atom is -0.392 e. The third-order valence-electron chi connectivity index (χ3n) is 3.62. The molecule has 1 heterocycles. The number of aliphatic hydroxyl groups excluding tert-OH is 1. The molecule has 0 aromatic carbocycles. The van der Waals surface area contributed by atoms with Gasteiger partial charge in [-0.15, -0.1) is 0 Å². The fraction of sp³-hybridized carbons (Fsp3) is 0.750. The topological polar surface area (TPSA) is 50.1 Å². The van der Waals surface area contributed by atoms with E-state index >= 15 is 0 Å². The number of nitrogens with one attached hydrogen (secondary N) is 1. The van der Waals surface area contributed by atoms with E-state index in [1.54, 1.807) is 0 Å². The molecule has 1 aromatic rings. The summed E-state index contributed by atoms with van der Waals surface area (Å²) in [5.74, 6) is 0. The zero-order valence-electron chi connectivity index (χ0n) is 10.1. The quantitative estimate of drug-likeness (QED) is 0.807. The first-order chi connectivity index (χ1) is 7.68. The van der Waals surface area contributed by atoms with Crippen molar-refractivity contribution in [1.82, 2.24) is 15.1 Å². The molecule has 0 amide bonds. The molecule has 0 aliphatic heterocycles. The second kappa shape index (κ2) is 4.97. The molecule has 2 rings (SSSR count). The molecule has 1 aromatic heterocycles. The molecule has 0 saturated heterocycles. The first-order valence-electron chi connectivity index (χ1n) is 6.07. The summed E-state index contributed by atoms with van der Waals surface area (Å²) in [5, 5.41) is 17.5. The van der Waals surface area contributed by atoms with E-state index in [0.29, 0.717) is 0 Å². The second-order valence-corrected chi connectivity index (χ2v) is 4.72. The number of aryl methyl sites for hydroxylation is 1. The number of rotatable bonds is 3. The van der Waals surface area contributed by atoms with Crippen molar-refractivity contribution in [1.29, 1.82) is 0 Å². The van der Waals surface area contributed by atoms with Gasteiger partial charge in [0.1, 0.15) is 0 Å². The molecular formula is C12H21N3O.